The molecular formula is C15H22N2O2S. The molecule has 1 amide bonds. The van der Waals surface area contributed by atoms with Crippen molar-refractivity contribution in [2.45, 2.75) is 37.5 Å². The maximum Gasteiger partial charge on any atom is 0.242 e. The Hall–Kier alpha value is -1.36. The van der Waals surface area contributed by atoms with E-state index in [9.17, 15) is 9.00 Å². The van der Waals surface area contributed by atoms with Crippen molar-refractivity contribution in [2.75, 3.05) is 18.1 Å². The zero-order valence-corrected chi connectivity index (χ0v) is 12.8. The van der Waals surface area contributed by atoms with E-state index in [1.54, 1.807) is 6.26 Å². The molecule has 3 unspecified atom stereocenters. The van der Waals surface area contributed by atoms with E-state index in [1.165, 1.54) is 5.56 Å². The number of carbonyl (C=O) groups is 1. The fourth-order valence-corrected chi connectivity index (χ4v) is 2.77. The molecule has 20 heavy (non-hydrogen) atoms. The summed E-state index contributed by atoms with van der Waals surface area (Å²) >= 11 is 0. The van der Waals surface area contributed by atoms with Crippen LogP contribution in [0.15, 0.2) is 24.3 Å². The van der Waals surface area contributed by atoms with Gasteiger partial charge in [0.25, 0.3) is 0 Å². The minimum Gasteiger partial charge on any atom is -0.373 e. The van der Waals surface area contributed by atoms with Crippen LogP contribution in [0.5, 0.6) is 0 Å². The van der Waals surface area contributed by atoms with Gasteiger partial charge in [0.1, 0.15) is 6.04 Å². The molecule has 0 aliphatic carbocycles. The fourth-order valence-electron chi connectivity index (χ4n) is 2.32. The van der Waals surface area contributed by atoms with E-state index in [0.717, 1.165) is 24.9 Å². The fraction of sp³-hybridized carbons (Fsp3) is 0.533. The molecule has 0 spiro atoms. The van der Waals surface area contributed by atoms with E-state index in [4.69, 9.17) is 0 Å². The first-order valence-corrected chi connectivity index (χ1v) is 8.64. The van der Waals surface area contributed by atoms with Gasteiger partial charge in [-0.15, -0.1) is 0 Å². The zero-order valence-electron chi connectivity index (χ0n) is 12.0. The van der Waals surface area contributed by atoms with Crippen LogP contribution in [0.2, 0.25) is 0 Å². The third kappa shape index (κ3) is 3.82. The number of aryl methyl sites for hydroxylation is 1. The molecule has 110 valence electrons. The molecule has 4 nitrogen and oxygen atoms in total. The van der Waals surface area contributed by atoms with Gasteiger partial charge in [-0.25, -0.2) is 0 Å². The molecule has 2 rings (SSSR count). The van der Waals surface area contributed by atoms with E-state index in [0.29, 0.717) is 6.54 Å². The minimum absolute atomic E-state index is 0.0357. The summed E-state index contributed by atoms with van der Waals surface area (Å²) in [6.07, 6.45) is 4.19. The number of anilines is 1. The highest BCUT2D eigenvalue weighted by Crippen LogP contribution is 2.24. The molecule has 3 atom stereocenters. The summed E-state index contributed by atoms with van der Waals surface area (Å²) in [5.41, 5.74) is 2.33. The third-order valence-corrected chi connectivity index (χ3v) is 5.15. The summed E-state index contributed by atoms with van der Waals surface area (Å²) in [6.45, 7) is 2.52. The van der Waals surface area contributed by atoms with E-state index in [-0.39, 0.29) is 17.2 Å². The van der Waals surface area contributed by atoms with Gasteiger partial charge in [0.15, 0.2) is 0 Å². The van der Waals surface area contributed by atoms with Crippen LogP contribution in [0, 0.1) is 0 Å². The largest absolute Gasteiger partial charge is 0.373 e. The SMILES string of the molecule is CC(CCNC(=O)C1CCc2ccccc2N1)S(C)=O. The Kier molecular flexibility index (Phi) is 5.17. The monoisotopic (exact) mass is 294 g/mol. The summed E-state index contributed by atoms with van der Waals surface area (Å²) in [5, 5.41) is 6.34. The first-order chi connectivity index (χ1) is 9.58. The molecule has 2 N–H and O–H groups in total. The van der Waals surface area contributed by atoms with E-state index in [2.05, 4.69) is 16.7 Å². The van der Waals surface area contributed by atoms with Gasteiger partial charge in [0.05, 0.1) is 0 Å². The first kappa shape index (κ1) is 15.0. The number of hydrogen-bond acceptors (Lipinski definition) is 3. The van der Waals surface area contributed by atoms with E-state index in [1.807, 2.05) is 25.1 Å². The number of nitrogens with one attached hydrogen (secondary N) is 2. The molecular weight excluding hydrogens is 272 g/mol. The van der Waals surface area contributed by atoms with Gasteiger partial charge in [-0.3, -0.25) is 9.00 Å². The average Bonchev–Trinajstić information content (AvgIpc) is 2.46. The first-order valence-electron chi connectivity index (χ1n) is 7.02. The number of hydrogen-bond donors (Lipinski definition) is 2. The normalized spacial score (nSPS) is 20.4. The second kappa shape index (κ2) is 6.88. The summed E-state index contributed by atoms with van der Waals surface area (Å²) in [4.78, 5) is 12.1. The summed E-state index contributed by atoms with van der Waals surface area (Å²) in [5.74, 6) is 0.0357. The van der Waals surface area contributed by atoms with Gasteiger partial charge < -0.3 is 10.6 Å². The van der Waals surface area contributed by atoms with Gasteiger partial charge >= 0.3 is 0 Å². The number of para-hydroxylation sites is 1. The van der Waals surface area contributed by atoms with Crippen molar-refractivity contribution in [3.05, 3.63) is 29.8 Å². The number of carbonyl (C=O) groups excluding carboxylic acids is 1. The van der Waals surface area contributed by atoms with Crippen molar-refractivity contribution in [2.24, 2.45) is 0 Å². The second-order valence-electron chi connectivity index (χ2n) is 5.28. The van der Waals surface area contributed by atoms with Crippen LogP contribution in [0.1, 0.15) is 25.3 Å². The Labute approximate surface area is 122 Å². The Morgan fingerprint density at radius 1 is 1.50 bits per heavy atom. The van der Waals surface area contributed by atoms with Crippen LogP contribution in [0.25, 0.3) is 0 Å². The highest BCUT2D eigenvalue weighted by molar-refractivity contribution is 7.84. The second-order valence-corrected chi connectivity index (χ2v) is 7.08. The summed E-state index contributed by atoms with van der Waals surface area (Å²) < 4.78 is 11.2. The van der Waals surface area contributed by atoms with Crippen molar-refractivity contribution < 1.29 is 9.00 Å². The smallest absolute Gasteiger partial charge is 0.242 e. The summed E-state index contributed by atoms with van der Waals surface area (Å²) in [6, 6.07) is 7.94. The average molecular weight is 294 g/mol. The standard InChI is InChI=1S/C15H22N2O2S/c1-11(20(2)19)9-10-16-15(18)14-8-7-12-5-3-4-6-13(12)17-14/h3-6,11,14,17H,7-10H2,1-2H3,(H,16,18). The van der Waals surface area contributed by atoms with E-state index >= 15 is 0 Å². The Bertz CT molecular complexity index is 504. The number of amides is 1. The maximum absolute atomic E-state index is 12.1. The molecule has 1 heterocycles. The lowest BCUT2D eigenvalue weighted by molar-refractivity contribution is -0.122. The molecule has 1 aliphatic heterocycles. The lowest BCUT2D eigenvalue weighted by Crippen LogP contribution is -2.42. The lowest BCUT2D eigenvalue weighted by atomic mass is 9.98. The van der Waals surface area contributed by atoms with Crippen LogP contribution in [0.4, 0.5) is 5.69 Å². The predicted octanol–water partition coefficient (Wildman–Crippen LogP) is 1.69. The maximum atomic E-state index is 12.1. The molecule has 0 bridgehead atoms. The van der Waals surface area contributed by atoms with Gasteiger partial charge in [-0.1, -0.05) is 25.1 Å². The molecule has 5 heteroatoms. The quantitative estimate of drug-likeness (QED) is 0.869. The molecule has 0 saturated heterocycles. The highest BCUT2D eigenvalue weighted by Gasteiger charge is 2.23. The number of benzene rings is 1. The van der Waals surface area contributed by atoms with Crippen molar-refractivity contribution in [1.29, 1.82) is 0 Å². The summed E-state index contributed by atoms with van der Waals surface area (Å²) in [7, 11) is -0.826. The Morgan fingerprint density at radius 2 is 2.25 bits per heavy atom. The molecule has 0 aromatic heterocycles. The van der Waals surface area contributed by atoms with Crippen LogP contribution < -0.4 is 10.6 Å². The van der Waals surface area contributed by atoms with Crippen molar-refractivity contribution >= 4 is 22.4 Å². The van der Waals surface area contributed by atoms with E-state index < -0.39 is 10.8 Å². The van der Waals surface area contributed by atoms with Crippen LogP contribution in [-0.2, 0) is 22.0 Å². The van der Waals surface area contributed by atoms with Gasteiger partial charge in [0, 0.05) is 34.5 Å². The molecule has 1 aliphatic rings. The van der Waals surface area contributed by atoms with Gasteiger partial charge in [-0.2, -0.15) is 0 Å². The Balaban J connectivity index is 1.81. The Morgan fingerprint density at radius 3 is 3.00 bits per heavy atom. The predicted molar refractivity (Wildman–Crippen MR) is 83.3 cm³/mol. The lowest BCUT2D eigenvalue weighted by Gasteiger charge is -2.26. The van der Waals surface area contributed by atoms with Crippen molar-refractivity contribution in [3.8, 4) is 0 Å². The highest BCUT2D eigenvalue weighted by atomic mass is 32.2. The molecule has 0 saturated carbocycles. The van der Waals surface area contributed by atoms with Crippen LogP contribution in [-0.4, -0.2) is 34.2 Å². The number of rotatable bonds is 5. The van der Waals surface area contributed by atoms with Crippen LogP contribution >= 0.6 is 0 Å². The third-order valence-electron chi connectivity index (χ3n) is 3.78. The zero-order chi connectivity index (χ0) is 14.5. The van der Waals surface area contributed by atoms with Crippen molar-refractivity contribution in [1.82, 2.24) is 5.32 Å². The molecule has 1 aromatic rings. The topological polar surface area (TPSA) is 58.2 Å². The van der Waals surface area contributed by atoms with Gasteiger partial charge in [-0.05, 0) is 30.9 Å². The molecule has 0 radical (unpaired) electrons. The minimum atomic E-state index is -0.826. The van der Waals surface area contributed by atoms with Crippen LogP contribution in [0.3, 0.4) is 0 Å². The van der Waals surface area contributed by atoms with Gasteiger partial charge in [0.2, 0.25) is 5.91 Å². The molecule has 0 fully saturated rings. The van der Waals surface area contributed by atoms with Crippen molar-refractivity contribution in [3.63, 3.8) is 0 Å². The number of fused-ring (bicyclic) bond motifs is 1. The molecule has 1 aromatic carbocycles.